The number of carbonyl (C=O) groups is 1. The van der Waals surface area contributed by atoms with Crippen LogP contribution >= 0.6 is 0 Å². The van der Waals surface area contributed by atoms with Crippen LogP contribution in [0.2, 0.25) is 0 Å². The Morgan fingerprint density at radius 1 is 1.15 bits per heavy atom. The van der Waals surface area contributed by atoms with Crippen LogP contribution in [0.25, 0.3) is 0 Å². The van der Waals surface area contributed by atoms with E-state index < -0.39 is 50.3 Å². The fourth-order valence-electron chi connectivity index (χ4n) is 6.53. The van der Waals surface area contributed by atoms with Crippen molar-refractivity contribution in [1.29, 1.82) is 0 Å². The Balaban J connectivity index is 1.48. The molecule has 0 bridgehead atoms. The Morgan fingerprint density at radius 3 is 2.54 bits per heavy atom. The summed E-state index contributed by atoms with van der Waals surface area (Å²) in [6.07, 6.45) is 2.27. The second-order valence-corrected chi connectivity index (χ2v) is 13.2. The van der Waals surface area contributed by atoms with Crippen LogP contribution in [0.3, 0.4) is 0 Å². The first-order valence-corrected chi connectivity index (χ1v) is 15.5. The summed E-state index contributed by atoms with van der Waals surface area (Å²) >= 11 is 0. The number of benzene rings is 1. The molecular weight excluding hydrogens is 535 g/mol. The number of amides is 1. The van der Waals surface area contributed by atoms with E-state index in [1.165, 1.54) is 25.7 Å². The fraction of sp³-hybridized carbons (Fsp3) is 0.741. The van der Waals surface area contributed by atoms with Gasteiger partial charge >= 0.3 is 6.18 Å². The zero-order valence-corrected chi connectivity index (χ0v) is 23.2. The van der Waals surface area contributed by atoms with Crippen molar-refractivity contribution in [2.45, 2.75) is 99.5 Å². The molecule has 1 amide bonds. The van der Waals surface area contributed by atoms with Crippen molar-refractivity contribution >= 4 is 15.9 Å². The largest absolute Gasteiger partial charge is 0.492 e. The topological polar surface area (TPSA) is 88.2 Å². The maximum Gasteiger partial charge on any atom is 0.416 e. The van der Waals surface area contributed by atoms with E-state index in [-0.39, 0.29) is 25.3 Å². The van der Waals surface area contributed by atoms with Crippen molar-refractivity contribution in [2.75, 3.05) is 32.8 Å². The van der Waals surface area contributed by atoms with Crippen molar-refractivity contribution < 1.29 is 35.9 Å². The second kappa shape index (κ2) is 11.2. The number of alkyl halides is 3. The Kier molecular flexibility index (Phi) is 8.21. The lowest BCUT2D eigenvalue weighted by Crippen LogP contribution is -2.60. The molecule has 1 saturated carbocycles. The molecule has 3 aliphatic heterocycles. The van der Waals surface area contributed by atoms with Crippen molar-refractivity contribution in [1.82, 2.24) is 14.5 Å². The standard InChI is InChI=1S/C27H38F3N3O5S/c1-2-14-37-21-17-22-25(34)31-26(9-12-32(13-10-26)20-5-3-4-6-20)11-15-38-23-8-7-19(27(28,29)30)16-24(23)39(35,36)33(22)18-21/h7-8,16,20-22H,2-6,9-15,17-18H2,1H3,(H,31,34)/t21-,22+/m1/s1. The molecule has 12 heteroatoms. The minimum Gasteiger partial charge on any atom is -0.492 e. The average molecular weight is 574 g/mol. The SMILES string of the molecule is CCCO[C@@H]1C[C@H]2C(=O)NC3(CCOc4ccc(C(F)(F)F)cc4S(=O)(=O)N2C1)CCN(C1CCCC1)CC3. The van der Waals surface area contributed by atoms with E-state index in [1.807, 2.05) is 6.92 Å². The van der Waals surface area contributed by atoms with Gasteiger partial charge in [-0.2, -0.15) is 17.5 Å². The van der Waals surface area contributed by atoms with Gasteiger partial charge in [0.2, 0.25) is 15.9 Å². The van der Waals surface area contributed by atoms with Gasteiger partial charge in [0.15, 0.2) is 0 Å². The first kappa shape index (κ1) is 28.6. The average Bonchev–Trinajstić information content (AvgIpc) is 3.58. The summed E-state index contributed by atoms with van der Waals surface area (Å²) < 4.78 is 81.2. The molecule has 8 nitrogen and oxygen atoms in total. The summed E-state index contributed by atoms with van der Waals surface area (Å²) in [5, 5.41) is 3.20. The number of piperidine rings is 1. The molecule has 3 fully saturated rings. The van der Waals surface area contributed by atoms with Gasteiger partial charge in [-0.1, -0.05) is 19.8 Å². The van der Waals surface area contributed by atoms with Gasteiger partial charge in [-0.25, -0.2) is 8.42 Å². The molecule has 1 spiro atoms. The maximum atomic E-state index is 13.9. The Morgan fingerprint density at radius 2 is 1.87 bits per heavy atom. The highest BCUT2D eigenvalue weighted by atomic mass is 32.2. The number of fused-ring (bicyclic) bond motifs is 2. The molecule has 1 N–H and O–H groups in total. The lowest BCUT2D eigenvalue weighted by atomic mass is 9.83. The summed E-state index contributed by atoms with van der Waals surface area (Å²) in [6.45, 7) is 3.93. The predicted octanol–water partition coefficient (Wildman–Crippen LogP) is 3.94. The van der Waals surface area contributed by atoms with Crippen LogP contribution in [0, 0.1) is 0 Å². The molecule has 1 aromatic carbocycles. The van der Waals surface area contributed by atoms with Crippen molar-refractivity contribution in [3.8, 4) is 5.75 Å². The quantitative estimate of drug-likeness (QED) is 0.587. The van der Waals surface area contributed by atoms with Crippen molar-refractivity contribution in [2.24, 2.45) is 0 Å². The number of carbonyl (C=O) groups excluding carboxylic acids is 1. The molecule has 4 aliphatic rings. The number of nitrogens with zero attached hydrogens (tertiary/aromatic N) is 2. The van der Waals surface area contributed by atoms with Gasteiger partial charge in [-0.3, -0.25) is 4.79 Å². The summed E-state index contributed by atoms with van der Waals surface area (Å²) in [5.74, 6) is -0.557. The van der Waals surface area contributed by atoms with E-state index >= 15 is 0 Å². The molecule has 3 heterocycles. The van der Waals surface area contributed by atoms with Gasteiger partial charge in [0.25, 0.3) is 0 Å². The third kappa shape index (κ3) is 5.94. The summed E-state index contributed by atoms with van der Waals surface area (Å²) in [7, 11) is -4.51. The summed E-state index contributed by atoms with van der Waals surface area (Å²) in [6, 6.07) is 2.02. The number of nitrogens with one attached hydrogen (secondary N) is 1. The van der Waals surface area contributed by atoms with Gasteiger partial charge in [0.05, 0.1) is 18.3 Å². The maximum absolute atomic E-state index is 13.9. The van der Waals surface area contributed by atoms with Crippen LogP contribution in [-0.4, -0.2) is 80.1 Å². The molecule has 1 aromatic rings. The highest BCUT2D eigenvalue weighted by Gasteiger charge is 2.48. The van der Waals surface area contributed by atoms with Gasteiger partial charge in [-0.05, 0) is 50.3 Å². The van der Waals surface area contributed by atoms with E-state index in [4.69, 9.17) is 9.47 Å². The van der Waals surface area contributed by atoms with E-state index in [0.717, 1.165) is 29.5 Å². The highest BCUT2D eigenvalue weighted by Crippen LogP contribution is 2.39. The first-order chi connectivity index (χ1) is 18.5. The lowest BCUT2D eigenvalue weighted by molar-refractivity contribution is -0.137. The lowest BCUT2D eigenvalue weighted by Gasteiger charge is -2.45. The molecule has 39 heavy (non-hydrogen) atoms. The van der Waals surface area contributed by atoms with Crippen LogP contribution in [0.1, 0.15) is 70.3 Å². The van der Waals surface area contributed by atoms with Crippen LogP contribution in [0.15, 0.2) is 23.1 Å². The van der Waals surface area contributed by atoms with E-state index in [9.17, 15) is 26.4 Å². The van der Waals surface area contributed by atoms with Crippen LogP contribution < -0.4 is 10.1 Å². The molecule has 218 valence electrons. The summed E-state index contributed by atoms with van der Waals surface area (Å²) in [5.41, 5.74) is -1.67. The number of ether oxygens (including phenoxy) is 2. The van der Waals surface area contributed by atoms with Crippen LogP contribution in [-0.2, 0) is 25.7 Å². The summed E-state index contributed by atoms with van der Waals surface area (Å²) in [4.78, 5) is 15.7. The number of sulfonamides is 1. The molecule has 1 aliphatic carbocycles. The predicted molar refractivity (Wildman–Crippen MR) is 138 cm³/mol. The minimum absolute atomic E-state index is 0.0739. The number of hydrogen-bond donors (Lipinski definition) is 1. The molecule has 2 atom stereocenters. The molecule has 2 saturated heterocycles. The number of rotatable bonds is 4. The van der Waals surface area contributed by atoms with Gasteiger partial charge < -0.3 is 19.7 Å². The highest BCUT2D eigenvalue weighted by molar-refractivity contribution is 7.89. The fourth-order valence-corrected chi connectivity index (χ4v) is 8.32. The van der Waals surface area contributed by atoms with Crippen molar-refractivity contribution in [3.63, 3.8) is 0 Å². The number of hydrogen-bond acceptors (Lipinski definition) is 6. The number of likely N-dealkylation sites (tertiary alicyclic amines) is 1. The van der Waals surface area contributed by atoms with Crippen LogP contribution in [0.5, 0.6) is 5.75 Å². The normalized spacial score (nSPS) is 28.4. The Hall–Kier alpha value is -1.89. The zero-order chi connectivity index (χ0) is 27.8. The minimum atomic E-state index is -4.73. The Bertz CT molecular complexity index is 1150. The Labute approximate surface area is 228 Å². The van der Waals surface area contributed by atoms with Gasteiger partial charge in [-0.15, -0.1) is 0 Å². The molecule has 0 unspecified atom stereocenters. The van der Waals surface area contributed by atoms with E-state index in [1.54, 1.807) is 0 Å². The second-order valence-electron chi connectivity index (χ2n) is 11.3. The molecular formula is C27H38F3N3O5S. The zero-order valence-electron chi connectivity index (χ0n) is 22.3. The van der Waals surface area contributed by atoms with E-state index in [0.29, 0.717) is 44.4 Å². The third-order valence-electron chi connectivity index (χ3n) is 8.76. The monoisotopic (exact) mass is 573 g/mol. The third-order valence-corrected chi connectivity index (χ3v) is 10.7. The van der Waals surface area contributed by atoms with E-state index in [2.05, 4.69) is 10.2 Å². The molecule has 0 radical (unpaired) electrons. The van der Waals surface area contributed by atoms with Gasteiger partial charge in [0.1, 0.15) is 16.7 Å². The van der Waals surface area contributed by atoms with Crippen LogP contribution in [0.4, 0.5) is 13.2 Å². The first-order valence-electron chi connectivity index (χ1n) is 14.1. The number of halogens is 3. The molecule has 5 rings (SSSR count). The van der Waals surface area contributed by atoms with Crippen molar-refractivity contribution in [3.05, 3.63) is 23.8 Å². The molecule has 0 aromatic heterocycles. The smallest absolute Gasteiger partial charge is 0.416 e. The van der Waals surface area contributed by atoms with Gasteiger partial charge in [0, 0.05) is 50.7 Å².